The van der Waals surface area contributed by atoms with Gasteiger partial charge < -0.3 is 139 Å². The molecule has 0 saturated carbocycles. The lowest BCUT2D eigenvalue weighted by atomic mass is 9.78. The third-order valence-corrected chi connectivity index (χ3v) is 26.6. The van der Waals surface area contributed by atoms with Crippen LogP contribution in [0.5, 0.6) is 0 Å². The minimum atomic E-state index is -0.764. The Labute approximate surface area is 859 Å². The number of urea groups is 4. The third kappa shape index (κ3) is 60.6. The number of primary amides is 1. The number of likely N-dealkylation sites (N-methyl/N-ethyl adjacent to an activating group) is 4. The van der Waals surface area contributed by atoms with Crippen LogP contribution in [0.2, 0.25) is 0 Å². The van der Waals surface area contributed by atoms with Gasteiger partial charge in [-0.1, -0.05) is 47.6 Å². The number of amides is 12. The van der Waals surface area contributed by atoms with Gasteiger partial charge in [0.25, 0.3) is 17.7 Å². The van der Waals surface area contributed by atoms with Gasteiger partial charge in [-0.3, -0.25) is 38.8 Å². The molecule has 139 heavy (non-hydrogen) atoms. The average molecular weight is 1990 g/mol. The molecule has 0 aromatic rings. The molecule has 0 aromatic carbocycles. The number of quaternary nitrogens is 7. The number of rotatable bonds is 46. The molecule has 0 radical (unpaired) electrons. The second kappa shape index (κ2) is 64.8. The van der Waals surface area contributed by atoms with E-state index in [2.05, 4.69) is 252 Å². The van der Waals surface area contributed by atoms with Crippen molar-refractivity contribution in [1.29, 1.82) is 0 Å². The minimum absolute atomic E-state index is 0. The van der Waals surface area contributed by atoms with Crippen LogP contribution in [0.15, 0.2) is 12.7 Å². The number of allylic oxidation sites excluding steroid dienone is 1. The zero-order valence-electron chi connectivity index (χ0n) is 98.7. The second-order valence-corrected chi connectivity index (χ2v) is 49.3. The van der Waals surface area contributed by atoms with E-state index in [4.69, 9.17) is 20.3 Å². The monoisotopic (exact) mass is 1990 g/mol. The second-order valence-electron chi connectivity index (χ2n) is 49.3. The number of carbonyl (C=O) groups excluding carboxylic acids is 8. The number of nitrogens with two attached hydrogens (primary N) is 1. The summed E-state index contributed by atoms with van der Waals surface area (Å²) in [5.41, 5.74) is 4.11. The van der Waals surface area contributed by atoms with Crippen molar-refractivity contribution in [2.75, 3.05) is 257 Å². The number of hydrogen-bond acceptors (Lipinski definition) is 16. The predicted molar refractivity (Wildman–Crippen MR) is 590 cm³/mol. The number of aliphatic hydroxyl groups is 1. The van der Waals surface area contributed by atoms with Crippen LogP contribution in [0.3, 0.4) is 0 Å². The number of carbonyl (C=O) groups is 8. The summed E-state index contributed by atoms with van der Waals surface area (Å²) in [6.07, 6.45) is 22.3. The van der Waals surface area contributed by atoms with Crippen LogP contribution in [0.4, 0.5) is 19.2 Å². The van der Waals surface area contributed by atoms with Gasteiger partial charge in [0.05, 0.1) is 241 Å². The summed E-state index contributed by atoms with van der Waals surface area (Å²) in [6, 6.07) is -0.702. The lowest BCUT2D eigenvalue weighted by Gasteiger charge is -2.51. The molecule has 6 fully saturated rings. The van der Waals surface area contributed by atoms with Crippen molar-refractivity contribution in [2.45, 2.75) is 344 Å². The number of piperidine rings is 3. The highest BCUT2D eigenvalue weighted by Crippen LogP contribution is 2.36. The van der Waals surface area contributed by atoms with Crippen LogP contribution in [0.1, 0.15) is 276 Å². The Morgan fingerprint density at radius 2 is 0.727 bits per heavy atom. The summed E-state index contributed by atoms with van der Waals surface area (Å²) in [4.78, 5) is 99.1. The van der Waals surface area contributed by atoms with Crippen molar-refractivity contribution in [1.82, 2.24) is 62.1 Å². The van der Waals surface area contributed by atoms with Crippen LogP contribution in [0.25, 0.3) is 0 Å². The fourth-order valence-electron chi connectivity index (χ4n) is 18.9. The Kier molecular flexibility index (Phi) is 69.6. The quantitative estimate of drug-likeness (QED) is 0.00890. The van der Waals surface area contributed by atoms with Gasteiger partial charge in [0.1, 0.15) is 16.6 Å². The van der Waals surface area contributed by atoms with Crippen LogP contribution in [-0.4, -0.2) is 429 Å². The molecule has 12 amide bonds. The summed E-state index contributed by atoms with van der Waals surface area (Å²) in [5, 5.41) is 34.6. The summed E-state index contributed by atoms with van der Waals surface area (Å²) in [6.45, 7) is 70.7. The number of imide groups is 4. The summed E-state index contributed by atoms with van der Waals surface area (Å²) >= 11 is 0. The largest absolute Gasteiger partial charge is 0.396 e. The maximum Gasteiger partial charge on any atom is 0.325 e. The van der Waals surface area contributed by atoms with E-state index in [0.29, 0.717) is 38.4 Å². The lowest BCUT2D eigenvalue weighted by Crippen LogP contribution is -2.65. The van der Waals surface area contributed by atoms with Crippen molar-refractivity contribution in [3.8, 4) is 0 Å². The Bertz CT molecular complexity index is 3410. The van der Waals surface area contributed by atoms with Crippen molar-refractivity contribution < 1.29 is 84.3 Å². The molecule has 31 heteroatoms. The highest BCUT2D eigenvalue weighted by atomic mass is 16.5. The van der Waals surface area contributed by atoms with Crippen molar-refractivity contribution >= 4 is 47.8 Å². The zero-order chi connectivity index (χ0) is 103. The van der Waals surface area contributed by atoms with E-state index in [9.17, 15) is 38.4 Å². The smallest absolute Gasteiger partial charge is 0.325 e. The molecule has 6 heterocycles. The van der Waals surface area contributed by atoms with Crippen molar-refractivity contribution in [2.24, 2.45) is 11.7 Å². The Hall–Kier alpha value is -5.10. The number of nitrogens with zero attached hydrogens (tertiary/aromatic N) is 11. The molecule has 0 spiro atoms. The molecule has 0 unspecified atom stereocenters. The van der Waals surface area contributed by atoms with E-state index >= 15 is 0 Å². The molecule has 6 saturated heterocycles. The number of aliphatic hydroxyl groups excluding tert-OH is 1. The standard InChI is InChI=1S/C18H40N3O.C17H37N2O2.C17H35N2.C13H26N4O2.C13H25N3O2.C12H23N3O2.C11H23N3O2.CH4.6CH3/c1-17(2)14-16(15-18(3,4)20-17)22-13-9-12-21(6,7)11-8-10-19-5;1-16(2)13-15(14-17(3,4)18-16)21-12-8-10-19(5,6)9-7-11-20;1-8-9-10-11-12-19(6,7)15-13-16(2,3)18-17(4,5)14-15;1-13(2)11(18)16(12(19)15-13)8-10-17(4,5)9-6-7-14-3;1-6-7-9-16(4,5)10-8-15-11(17)13(2,3)14-12(15)18;1-6-8-15(4,5)9-7-14-10(16)12(2,3)13-11(14)17;1-6-14(4,5)8-7-13(11(12)16)10(15)9(2)3;;;;;;;/h16,19-20H,8-15H2,1-7H3;15,18,20H,7-14H2,1-6H3;8,15,18H,1,9-14H2,2-7H3;14H,6-10H2,1-5H3;6-10H2,1-5H3;6-9H2,1-5H3;9H,6-8H2,1-5H3,(H-,12,16);1H4;6*1H3/q3*+1;;;;;;6*-1/p+4. The fraction of sp³-hybridized carbons (Fsp3) is 0.852. The Morgan fingerprint density at radius 1 is 0.432 bits per heavy atom. The molecule has 31 nitrogen and oxygen atoms in total. The third-order valence-electron chi connectivity index (χ3n) is 26.6. The topological polar surface area (TPSA) is 310 Å². The molecule has 832 valence electrons. The number of ether oxygens (including phenoxy) is 2. The molecule has 0 aliphatic carbocycles. The first-order valence-electron chi connectivity index (χ1n) is 50.4. The van der Waals surface area contributed by atoms with E-state index in [1.165, 1.54) is 72.9 Å². The maximum absolute atomic E-state index is 12.0. The summed E-state index contributed by atoms with van der Waals surface area (Å²) in [7, 11) is 34.8. The molecule has 11 N–H and O–H groups in total. The summed E-state index contributed by atoms with van der Waals surface area (Å²) < 4.78 is 18.8. The number of hydrogen-bond donors (Lipinski definition) is 10. The van der Waals surface area contributed by atoms with Gasteiger partial charge in [-0.15, -0.1) is 6.58 Å². The van der Waals surface area contributed by atoms with Gasteiger partial charge in [0.2, 0.25) is 5.91 Å². The first-order chi connectivity index (χ1) is 60.0. The normalized spacial score (nSPS) is 18.9. The van der Waals surface area contributed by atoms with Gasteiger partial charge in [-0.05, 0) is 203 Å². The molecular weight excluding hydrogens is 1750 g/mol. The fourth-order valence-corrected chi connectivity index (χ4v) is 18.9. The van der Waals surface area contributed by atoms with Gasteiger partial charge in [0, 0.05) is 104 Å². The lowest BCUT2D eigenvalue weighted by molar-refractivity contribution is -0.917. The first kappa shape index (κ1) is 149. The number of nitrogens with one attached hydrogen (secondary N) is 8. The number of unbranched alkanes of at least 4 members (excludes halogenated alkanes) is 3. The molecule has 0 aromatic heterocycles. The molecule has 6 aliphatic rings. The van der Waals surface area contributed by atoms with E-state index in [-0.39, 0.29) is 139 Å². The van der Waals surface area contributed by atoms with Crippen LogP contribution in [-0.2, 0) is 28.7 Å². The molecule has 0 atom stereocenters. The maximum atomic E-state index is 12.0. The molecular formula is C108H235N20O11+. The first-order valence-corrected chi connectivity index (χ1v) is 50.4. The van der Waals surface area contributed by atoms with E-state index in [0.717, 1.165) is 205 Å². The Balaban J connectivity index is -0.000000239. The molecule has 0 bridgehead atoms. The summed E-state index contributed by atoms with van der Waals surface area (Å²) in [5.74, 6) is -0.789. The van der Waals surface area contributed by atoms with Crippen LogP contribution >= 0.6 is 0 Å². The van der Waals surface area contributed by atoms with Crippen LogP contribution < -0.4 is 48.3 Å². The predicted octanol–water partition coefficient (Wildman–Crippen LogP) is 14.3. The van der Waals surface area contributed by atoms with E-state index in [1.54, 1.807) is 55.4 Å². The van der Waals surface area contributed by atoms with Crippen LogP contribution in [0, 0.1) is 50.5 Å². The van der Waals surface area contributed by atoms with Crippen molar-refractivity contribution in [3.63, 3.8) is 0 Å². The Morgan fingerprint density at radius 3 is 0.993 bits per heavy atom. The molecule has 6 rings (SSSR count). The average Bonchev–Trinajstić information content (AvgIpc) is 1.54. The van der Waals surface area contributed by atoms with E-state index < -0.39 is 22.6 Å². The SMILES string of the molecule is C.C=CCCCC[N+](C)(C)C1CC(C)(C)NC(C)(C)C1.CC1(C)CC(OCCC[N+](C)(C)CCCO)CC(C)(C)N1.CCCC[N+](C)(C)CCN1C(=O)NC(C)(C)C1=O.CCC[N+](C)(C)CCN1C(=O)NC(C)(C)C1=O.CC[N+](C)(C)CCN(C(N)=O)C(=O)C(C)C.CNCCC[N+](C)(C)CCCOC1CC(C)(C)NC(C)(C)C1.CNCCC[N+](C)(C)CCN1C(=O)NC(C)(C)C1=O.[CH3-].[CH3-].[CH3-].[CH3-].[CH3-].[CH3-]. The zero-order valence-corrected chi connectivity index (χ0v) is 98.7. The van der Waals surface area contributed by atoms with E-state index in [1.807, 2.05) is 20.2 Å². The highest BCUT2D eigenvalue weighted by molar-refractivity contribution is 6.07. The van der Waals surface area contributed by atoms with Gasteiger partial charge >= 0.3 is 24.1 Å². The van der Waals surface area contributed by atoms with Gasteiger partial charge in [0.15, 0.2) is 0 Å². The minimum Gasteiger partial charge on any atom is -0.396 e. The van der Waals surface area contributed by atoms with Crippen molar-refractivity contribution in [3.05, 3.63) is 57.2 Å². The molecule has 6 aliphatic heterocycles. The highest BCUT2D eigenvalue weighted by Gasteiger charge is 2.49. The van der Waals surface area contributed by atoms with Gasteiger partial charge in [-0.25, -0.2) is 19.2 Å². The van der Waals surface area contributed by atoms with Gasteiger partial charge in [-0.2, -0.15) is 0 Å².